The highest BCUT2D eigenvalue weighted by Crippen LogP contribution is 2.22. The van der Waals surface area contributed by atoms with Crippen molar-refractivity contribution in [1.82, 2.24) is 9.88 Å². The summed E-state index contributed by atoms with van der Waals surface area (Å²) >= 11 is 2.10. The molecule has 0 radical (unpaired) electrons. The molecule has 88 valence electrons. The first-order valence-corrected chi connectivity index (χ1v) is 6.87. The molecule has 0 amide bonds. The summed E-state index contributed by atoms with van der Waals surface area (Å²) in [5.74, 6) is 1.24. The maximum Gasteiger partial charge on any atom is 0.0545 e. The standard InChI is InChI=1S/C12H19N3S/c1-2-12-9-15(5-6-16-12)8-11-4-3-10(13)7-14-11/h3-4,7,12H,2,5-6,8-9,13H2,1H3. The number of pyridine rings is 1. The van der Waals surface area contributed by atoms with Gasteiger partial charge in [0.2, 0.25) is 0 Å². The van der Waals surface area contributed by atoms with E-state index < -0.39 is 0 Å². The number of rotatable bonds is 3. The van der Waals surface area contributed by atoms with Crippen LogP contribution in [0.5, 0.6) is 0 Å². The maximum absolute atomic E-state index is 5.62. The number of nitrogens with two attached hydrogens (primary N) is 1. The Morgan fingerprint density at radius 3 is 3.12 bits per heavy atom. The highest BCUT2D eigenvalue weighted by atomic mass is 32.2. The fraction of sp³-hybridized carbons (Fsp3) is 0.583. The van der Waals surface area contributed by atoms with Gasteiger partial charge >= 0.3 is 0 Å². The van der Waals surface area contributed by atoms with E-state index in [1.165, 1.54) is 25.3 Å². The summed E-state index contributed by atoms with van der Waals surface area (Å²) in [6.07, 6.45) is 3.00. The molecule has 1 saturated heterocycles. The van der Waals surface area contributed by atoms with Crippen molar-refractivity contribution in [2.24, 2.45) is 0 Å². The van der Waals surface area contributed by atoms with Crippen molar-refractivity contribution in [3.63, 3.8) is 0 Å². The molecule has 3 nitrogen and oxygen atoms in total. The minimum Gasteiger partial charge on any atom is -0.397 e. The third-order valence-electron chi connectivity index (χ3n) is 2.91. The van der Waals surface area contributed by atoms with Gasteiger partial charge in [-0.15, -0.1) is 0 Å². The topological polar surface area (TPSA) is 42.1 Å². The zero-order chi connectivity index (χ0) is 11.4. The number of aromatic nitrogens is 1. The van der Waals surface area contributed by atoms with Gasteiger partial charge in [0.25, 0.3) is 0 Å². The molecule has 1 atom stereocenters. The van der Waals surface area contributed by atoms with E-state index in [1.54, 1.807) is 6.20 Å². The fourth-order valence-corrected chi connectivity index (χ4v) is 3.18. The molecule has 0 aromatic carbocycles. The third kappa shape index (κ3) is 3.12. The van der Waals surface area contributed by atoms with E-state index in [-0.39, 0.29) is 0 Å². The van der Waals surface area contributed by atoms with Crippen molar-refractivity contribution in [2.75, 3.05) is 24.6 Å². The van der Waals surface area contributed by atoms with Crippen molar-refractivity contribution >= 4 is 17.4 Å². The summed E-state index contributed by atoms with van der Waals surface area (Å²) in [5.41, 5.74) is 7.49. The van der Waals surface area contributed by atoms with E-state index in [9.17, 15) is 0 Å². The van der Waals surface area contributed by atoms with Gasteiger partial charge < -0.3 is 5.73 Å². The van der Waals surface area contributed by atoms with Gasteiger partial charge in [0.1, 0.15) is 0 Å². The number of nitrogens with zero attached hydrogens (tertiary/aromatic N) is 2. The highest BCUT2D eigenvalue weighted by Gasteiger charge is 2.18. The largest absolute Gasteiger partial charge is 0.397 e. The molecule has 2 N–H and O–H groups in total. The average molecular weight is 237 g/mol. The average Bonchev–Trinajstić information content (AvgIpc) is 2.32. The fourth-order valence-electron chi connectivity index (χ4n) is 1.93. The van der Waals surface area contributed by atoms with Crippen LogP contribution < -0.4 is 5.73 Å². The molecular weight excluding hydrogens is 218 g/mol. The van der Waals surface area contributed by atoms with Gasteiger partial charge in [-0.2, -0.15) is 11.8 Å². The molecule has 1 fully saturated rings. The normalized spacial score (nSPS) is 22.2. The highest BCUT2D eigenvalue weighted by molar-refractivity contribution is 8.00. The van der Waals surface area contributed by atoms with Crippen LogP contribution in [-0.2, 0) is 6.54 Å². The lowest BCUT2D eigenvalue weighted by Gasteiger charge is -2.31. The first kappa shape index (κ1) is 11.7. The summed E-state index contributed by atoms with van der Waals surface area (Å²) in [5, 5.41) is 0.794. The molecule has 0 spiro atoms. The van der Waals surface area contributed by atoms with Crippen molar-refractivity contribution in [3.8, 4) is 0 Å². The summed E-state index contributed by atoms with van der Waals surface area (Å²) in [6.45, 7) is 5.58. The molecule has 0 aliphatic carbocycles. The second kappa shape index (κ2) is 5.55. The van der Waals surface area contributed by atoms with Crippen LogP contribution in [0.1, 0.15) is 19.0 Å². The van der Waals surface area contributed by atoms with Gasteiger partial charge in [-0.25, -0.2) is 0 Å². The maximum atomic E-state index is 5.62. The van der Waals surface area contributed by atoms with Crippen LogP contribution in [-0.4, -0.2) is 34.0 Å². The SMILES string of the molecule is CCC1CN(Cc2ccc(N)cn2)CCS1. The Morgan fingerprint density at radius 1 is 1.56 bits per heavy atom. The third-order valence-corrected chi connectivity index (χ3v) is 4.28. The molecule has 1 aromatic rings. The Kier molecular flexibility index (Phi) is 4.07. The Bertz CT molecular complexity index is 326. The Labute approximate surface area is 101 Å². The monoisotopic (exact) mass is 237 g/mol. The minimum absolute atomic E-state index is 0.740. The second-order valence-electron chi connectivity index (χ2n) is 4.22. The molecule has 0 saturated carbocycles. The van der Waals surface area contributed by atoms with Crippen molar-refractivity contribution in [3.05, 3.63) is 24.0 Å². The molecule has 1 aliphatic heterocycles. The lowest BCUT2D eigenvalue weighted by molar-refractivity contribution is 0.270. The molecule has 2 rings (SSSR count). The van der Waals surface area contributed by atoms with Gasteiger partial charge in [-0.05, 0) is 18.6 Å². The van der Waals surface area contributed by atoms with Crippen LogP contribution in [0.4, 0.5) is 5.69 Å². The smallest absolute Gasteiger partial charge is 0.0545 e. The lowest BCUT2D eigenvalue weighted by atomic mass is 10.2. The Morgan fingerprint density at radius 2 is 2.44 bits per heavy atom. The van der Waals surface area contributed by atoms with Crippen LogP contribution in [0.25, 0.3) is 0 Å². The summed E-state index contributed by atoms with van der Waals surface area (Å²) in [4.78, 5) is 6.84. The summed E-state index contributed by atoms with van der Waals surface area (Å²) in [6, 6.07) is 3.95. The zero-order valence-corrected chi connectivity index (χ0v) is 10.5. The van der Waals surface area contributed by atoms with Crippen LogP contribution in [0.2, 0.25) is 0 Å². The lowest BCUT2D eigenvalue weighted by Crippen LogP contribution is -2.37. The Balaban J connectivity index is 1.91. The van der Waals surface area contributed by atoms with Gasteiger partial charge in [-0.1, -0.05) is 6.92 Å². The van der Waals surface area contributed by atoms with Gasteiger partial charge in [0.15, 0.2) is 0 Å². The molecule has 0 bridgehead atoms. The Hall–Kier alpha value is -0.740. The number of thioether (sulfide) groups is 1. The van der Waals surface area contributed by atoms with E-state index >= 15 is 0 Å². The van der Waals surface area contributed by atoms with Crippen molar-refractivity contribution < 1.29 is 0 Å². The predicted molar refractivity (Wildman–Crippen MR) is 70.5 cm³/mol. The molecule has 1 unspecified atom stereocenters. The number of hydrogen-bond acceptors (Lipinski definition) is 4. The van der Waals surface area contributed by atoms with E-state index in [0.29, 0.717) is 0 Å². The van der Waals surface area contributed by atoms with Crippen LogP contribution >= 0.6 is 11.8 Å². The number of anilines is 1. The van der Waals surface area contributed by atoms with Gasteiger partial charge in [-0.3, -0.25) is 9.88 Å². The van der Waals surface area contributed by atoms with E-state index in [1.807, 2.05) is 12.1 Å². The molecule has 4 heteroatoms. The predicted octanol–water partition coefficient (Wildman–Crippen LogP) is 1.99. The van der Waals surface area contributed by atoms with E-state index in [0.717, 1.165) is 23.2 Å². The van der Waals surface area contributed by atoms with Gasteiger partial charge in [0, 0.05) is 30.6 Å². The first-order valence-electron chi connectivity index (χ1n) is 5.82. The molecule has 1 aromatic heterocycles. The second-order valence-corrected chi connectivity index (χ2v) is 5.63. The molecule has 2 heterocycles. The quantitative estimate of drug-likeness (QED) is 0.873. The summed E-state index contributed by atoms with van der Waals surface area (Å²) in [7, 11) is 0. The van der Waals surface area contributed by atoms with Crippen LogP contribution in [0.15, 0.2) is 18.3 Å². The molecular formula is C12H19N3S. The number of hydrogen-bond donors (Lipinski definition) is 1. The number of nitrogen functional groups attached to an aromatic ring is 1. The molecule has 1 aliphatic rings. The van der Waals surface area contributed by atoms with E-state index in [4.69, 9.17) is 5.73 Å². The minimum atomic E-state index is 0.740. The zero-order valence-electron chi connectivity index (χ0n) is 9.72. The van der Waals surface area contributed by atoms with Crippen LogP contribution in [0, 0.1) is 0 Å². The van der Waals surface area contributed by atoms with Crippen LogP contribution in [0.3, 0.4) is 0 Å². The molecule has 16 heavy (non-hydrogen) atoms. The van der Waals surface area contributed by atoms with Crippen molar-refractivity contribution in [1.29, 1.82) is 0 Å². The summed E-state index contributed by atoms with van der Waals surface area (Å²) < 4.78 is 0. The van der Waals surface area contributed by atoms with Crippen molar-refractivity contribution in [2.45, 2.75) is 25.1 Å². The van der Waals surface area contributed by atoms with E-state index in [2.05, 4.69) is 28.6 Å². The first-order chi connectivity index (χ1) is 7.78. The van der Waals surface area contributed by atoms with Gasteiger partial charge in [0.05, 0.1) is 17.6 Å².